The van der Waals surface area contributed by atoms with Crippen molar-refractivity contribution in [2.75, 3.05) is 25.6 Å². The van der Waals surface area contributed by atoms with Gasteiger partial charge in [0.1, 0.15) is 12.3 Å². The maximum absolute atomic E-state index is 12.4. The first-order valence-corrected chi connectivity index (χ1v) is 8.03. The standard InChI is InChI=1S/C19H20N2O5/c1-3-26-16-7-5-4-6-15(16)19(24)21-14-10-8-13(9-11-14)18(23)20-12-17(22)25-2/h4-11H,3,12H2,1-2H3,(H,20,23)(H,21,24). The van der Waals surface area contributed by atoms with Crippen LogP contribution in [0.25, 0.3) is 0 Å². The molecule has 26 heavy (non-hydrogen) atoms. The lowest BCUT2D eigenvalue weighted by Gasteiger charge is -2.11. The van der Waals surface area contributed by atoms with Crippen LogP contribution in [0.3, 0.4) is 0 Å². The van der Waals surface area contributed by atoms with E-state index >= 15 is 0 Å². The second kappa shape index (κ2) is 9.22. The fraction of sp³-hybridized carbons (Fsp3) is 0.211. The minimum Gasteiger partial charge on any atom is -0.493 e. The predicted molar refractivity (Wildman–Crippen MR) is 96.4 cm³/mol. The summed E-state index contributed by atoms with van der Waals surface area (Å²) in [5.74, 6) is -0.742. The molecule has 2 aromatic rings. The maximum atomic E-state index is 12.4. The molecule has 0 bridgehead atoms. The van der Waals surface area contributed by atoms with Gasteiger partial charge >= 0.3 is 5.97 Å². The Balaban J connectivity index is 2.02. The molecule has 0 aliphatic heterocycles. The van der Waals surface area contributed by atoms with Crippen LogP contribution in [0.15, 0.2) is 48.5 Å². The third-order valence-electron chi connectivity index (χ3n) is 3.46. The Hall–Kier alpha value is -3.35. The van der Waals surface area contributed by atoms with Gasteiger partial charge in [-0.05, 0) is 43.3 Å². The summed E-state index contributed by atoms with van der Waals surface area (Å²) in [4.78, 5) is 35.4. The van der Waals surface area contributed by atoms with Crippen LogP contribution in [0.4, 0.5) is 5.69 Å². The van der Waals surface area contributed by atoms with Crippen molar-refractivity contribution in [3.63, 3.8) is 0 Å². The topological polar surface area (TPSA) is 93.7 Å². The molecule has 0 saturated heterocycles. The number of carbonyl (C=O) groups excluding carboxylic acids is 3. The molecule has 0 aliphatic rings. The highest BCUT2D eigenvalue weighted by Gasteiger charge is 2.13. The van der Waals surface area contributed by atoms with Crippen molar-refractivity contribution < 1.29 is 23.9 Å². The normalized spacial score (nSPS) is 9.92. The summed E-state index contributed by atoms with van der Waals surface area (Å²) >= 11 is 0. The van der Waals surface area contributed by atoms with E-state index in [2.05, 4.69) is 15.4 Å². The third kappa shape index (κ3) is 5.07. The van der Waals surface area contributed by atoms with Crippen LogP contribution >= 0.6 is 0 Å². The zero-order valence-electron chi connectivity index (χ0n) is 14.6. The molecule has 0 atom stereocenters. The zero-order valence-corrected chi connectivity index (χ0v) is 14.6. The van der Waals surface area contributed by atoms with Crippen molar-refractivity contribution in [1.29, 1.82) is 0 Å². The average Bonchev–Trinajstić information content (AvgIpc) is 2.67. The molecule has 136 valence electrons. The van der Waals surface area contributed by atoms with E-state index in [1.54, 1.807) is 48.5 Å². The smallest absolute Gasteiger partial charge is 0.325 e. The Kier molecular flexibility index (Phi) is 6.73. The first-order chi connectivity index (χ1) is 12.5. The van der Waals surface area contributed by atoms with E-state index in [1.165, 1.54) is 7.11 Å². The third-order valence-corrected chi connectivity index (χ3v) is 3.46. The van der Waals surface area contributed by atoms with Gasteiger partial charge in [0, 0.05) is 11.3 Å². The molecule has 0 spiro atoms. The lowest BCUT2D eigenvalue weighted by molar-refractivity contribution is -0.139. The number of ether oxygens (including phenoxy) is 2. The van der Waals surface area contributed by atoms with E-state index in [0.29, 0.717) is 29.2 Å². The Labute approximate surface area is 151 Å². The fourth-order valence-corrected chi connectivity index (χ4v) is 2.17. The number of nitrogens with one attached hydrogen (secondary N) is 2. The molecule has 7 heteroatoms. The van der Waals surface area contributed by atoms with Crippen molar-refractivity contribution in [1.82, 2.24) is 5.32 Å². The lowest BCUT2D eigenvalue weighted by Crippen LogP contribution is -2.30. The highest BCUT2D eigenvalue weighted by atomic mass is 16.5. The van der Waals surface area contributed by atoms with Gasteiger partial charge in [0.2, 0.25) is 0 Å². The van der Waals surface area contributed by atoms with Crippen molar-refractivity contribution in [3.8, 4) is 5.75 Å². The number of benzene rings is 2. The Morgan fingerprint density at radius 3 is 2.31 bits per heavy atom. The molecule has 2 aromatic carbocycles. The monoisotopic (exact) mass is 356 g/mol. The lowest BCUT2D eigenvalue weighted by atomic mass is 10.1. The van der Waals surface area contributed by atoms with Crippen molar-refractivity contribution in [3.05, 3.63) is 59.7 Å². The molecule has 2 N–H and O–H groups in total. The van der Waals surface area contributed by atoms with Crippen LogP contribution in [-0.2, 0) is 9.53 Å². The van der Waals surface area contributed by atoms with Gasteiger partial charge in [0.05, 0.1) is 19.3 Å². The summed E-state index contributed by atoms with van der Waals surface area (Å²) in [6, 6.07) is 13.3. The molecule has 2 amide bonds. The van der Waals surface area contributed by atoms with E-state index < -0.39 is 11.9 Å². The number of amides is 2. The molecule has 0 fully saturated rings. The quantitative estimate of drug-likeness (QED) is 0.742. The van der Waals surface area contributed by atoms with E-state index in [4.69, 9.17) is 4.74 Å². The van der Waals surface area contributed by atoms with Gasteiger partial charge in [0.15, 0.2) is 0 Å². The van der Waals surface area contributed by atoms with Crippen molar-refractivity contribution in [2.45, 2.75) is 6.92 Å². The average molecular weight is 356 g/mol. The van der Waals surface area contributed by atoms with Crippen LogP contribution in [0.1, 0.15) is 27.6 Å². The van der Waals surface area contributed by atoms with Gasteiger partial charge in [0.25, 0.3) is 11.8 Å². The minimum atomic E-state index is -0.532. The summed E-state index contributed by atoms with van der Waals surface area (Å²) < 4.78 is 9.91. The predicted octanol–water partition coefficient (Wildman–Crippen LogP) is 2.24. The number of carbonyl (C=O) groups is 3. The number of rotatable bonds is 7. The summed E-state index contributed by atoms with van der Waals surface area (Å²) in [5.41, 5.74) is 1.32. The summed E-state index contributed by atoms with van der Waals surface area (Å²) in [6.07, 6.45) is 0. The molecule has 0 saturated carbocycles. The highest BCUT2D eigenvalue weighted by Crippen LogP contribution is 2.20. The molecule has 0 unspecified atom stereocenters. The van der Waals surface area contributed by atoms with E-state index in [9.17, 15) is 14.4 Å². The molecule has 2 rings (SSSR count). The molecule has 0 heterocycles. The molecular weight excluding hydrogens is 336 g/mol. The summed E-state index contributed by atoms with van der Waals surface area (Å²) in [7, 11) is 1.25. The Morgan fingerprint density at radius 1 is 0.962 bits per heavy atom. The maximum Gasteiger partial charge on any atom is 0.325 e. The Morgan fingerprint density at radius 2 is 1.65 bits per heavy atom. The first-order valence-electron chi connectivity index (χ1n) is 8.03. The van der Waals surface area contributed by atoms with Gasteiger partial charge in [-0.2, -0.15) is 0 Å². The van der Waals surface area contributed by atoms with Crippen LogP contribution in [0, 0.1) is 0 Å². The molecule has 0 aliphatic carbocycles. The van der Waals surface area contributed by atoms with Crippen LogP contribution in [0.5, 0.6) is 5.75 Å². The van der Waals surface area contributed by atoms with Crippen molar-refractivity contribution in [2.24, 2.45) is 0 Å². The number of para-hydroxylation sites is 1. The van der Waals surface area contributed by atoms with Gasteiger partial charge in [-0.15, -0.1) is 0 Å². The van der Waals surface area contributed by atoms with Crippen LogP contribution in [0.2, 0.25) is 0 Å². The SMILES string of the molecule is CCOc1ccccc1C(=O)Nc1ccc(C(=O)NCC(=O)OC)cc1. The second-order valence-corrected chi connectivity index (χ2v) is 5.22. The molecular formula is C19H20N2O5. The minimum absolute atomic E-state index is 0.206. The summed E-state index contributed by atoms with van der Waals surface area (Å²) in [5, 5.41) is 5.20. The number of methoxy groups -OCH3 is 1. The molecule has 7 nitrogen and oxygen atoms in total. The van der Waals surface area contributed by atoms with Crippen molar-refractivity contribution >= 4 is 23.5 Å². The van der Waals surface area contributed by atoms with Gasteiger partial charge < -0.3 is 20.1 Å². The van der Waals surface area contributed by atoms with Crippen LogP contribution in [-0.4, -0.2) is 38.0 Å². The van der Waals surface area contributed by atoms with E-state index in [1.807, 2.05) is 6.92 Å². The molecule has 0 aromatic heterocycles. The summed E-state index contributed by atoms with van der Waals surface area (Å²) in [6.45, 7) is 2.10. The van der Waals surface area contributed by atoms with Gasteiger partial charge in [-0.3, -0.25) is 14.4 Å². The number of hydrogen-bond acceptors (Lipinski definition) is 5. The highest BCUT2D eigenvalue weighted by molar-refractivity contribution is 6.06. The van der Waals surface area contributed by atoms with Gasteiger partial charge in [-0.1, -0.05) is 12.1 Å². The van der Waals surface area contributed by atoms with Crippen LogP contribution < -0.4 is 15.4 Å². The zero-order chi connectivity index (χ0) is 18.9. The number of anilines is 1. The number of hydrogen-bond donors (Lipinski definition) is 2. The first kappa shape index (κ1) is 19.0. The Bertz CT molecular complexity index is 787. The van der Waals surface area contributed by atoms with Gasteiger partial charge in [-0.25, -0.2) is 0 Å². The molecule has 0 radical (unpaired) electrons. The van der Waals surface area contributed by atoms with E-state index in [-0.39, 0.29) is 12.5 Å². The fourth-order valence-electron chi connectivity index (χ4n) is 2.17. The second-order valence-electron chi connectivity index (χ2n) is 5.22. The largest absolute Gasteiger partial charge is 0.493 e. The number of esters is 1. The van der Waals surface area contributed by atoms with E-state index in [0.717, 1.165) is 0 Å².